The zero-order valence-corrected chi connectivity index (χ0v) is 26.2. The molecule has 4 rings (SSSR count). The van der Waals surface area contributed by atoms with Crippen molar-refractivity contribution in [3.8, 4) is 0 Å². The van der Waals surface area contributed by atoms with E-state index in [1.54, 1.807) is 0 Å². The quantitative estimate of drug-likeness (QED) is 0.242. The molecule has 2 aromatic rings. The van der Waals surface area contributed by atoms with Crippen molar-refractivity contribution in [3.63, 3.8) is 0 Å². The lowest BCUT2D eigenvalue weighted by molar-refractivity contribution is -0.345. The Kier molecular flexibility index (Phi) is 12.4. The minimum absolute atomic E-state index is 0.00599. The highest BCUT2D eigenvalue weighted by atomic mass is 35.5. The lowest BCUT2D eigenvalue weighted by Crippen LogP contribution is -2.34. The number of halogens is 4. The molecule has 2 aromatic carbocycles. The molecule has 2 atom stereocenters. The minimum atomic E-state index is -4.64. The average Bonchev–Trinajstić information content (AvgIpc) is 2.95. The monoisotopic (exact) mass is 622 g/mol. The Bertz CT molecular complexity index is 1180. The number of carboxylic acid groups (broad SMARTS) is 1. The lowest BCUT2D eigenvalue weighted by atomic mass is 9.77. The van der Waals surface area contributed by atoms with Gasteiger partial charge in [0.1, 0.15) is 6.04 Å². The molecule has 1 aliphatic heterocycles. The van der Waals surface area contributed by atoms with Crippen molar-refractivity contribution in [2.24, 2.45) is 0 Å². The number of aryl methyl sites for hydroxylation is 1. The Hall–Kier alpha value is -2.13. The number of benzene rings is 2. The highest BCUT2D eigenvalue weighted by Crippen LogP contribution is 2.41. The number of carboxylic acids is 1. The Morgan fingerprint density at radius 2 is 1.77 bits per heavy atom. The number of nitrogens with zero attached hydrogens (tertiary/aromatic N) is 2. The van der Waals surface area contributed by atoms with Gasteiger partial charge in [0.2, 0.25) is 0 Å². The zero-order chi connectivity index (χ0) is 31.0. The first-order valence-electron chi connectivity index (χ1n) is 15.8. The van der Waals surface area contributed by atoms with Crippen LogP contribution in [0.25, 0.3) is 0 Å². The fourth-order valence-electron chi connectivity index (χ4n) is 7.19. The van der Waals surface area contributed by atoms with Crippen LogP contribution in [0.15, 0.2) is 42.5 Å². The summed E-state index contributed by atoms with van der Waals surface area (Å²) in [5.41, 5.74) is 3.85. The van der Waals surface area contributed by atoms with E-state index in [0.29, 0.717) is 37.3 Å². The van der Waals surface area contributed by atoms with E-state index < -0.39 is 24.5 Å². The third-order valence-corrected chi connectivity index (χ3v) is 9.57. The summed E-state index contributed by atoms with van der Waals surface area (Å²) in [5, 5.41) is 11.2. The predicted molar refractivity (Wildman–Crippen MR) is 165 cm³/mol. The van der Waals surface area contributed by atoms with Gasteiger partial charge in [0, 0.05) is 5.02 Å². The second kappa shape index (κ2) is 15.7. The van der Waals surface area contributed by atoms with Gasteiger partial charge in [-0.15, -0.1) is 13.2 Å². The molecule has 0 aromatic heterocycles. The summed E-state index contributed by atoms with van der Waals surface area (Å²) in [6.45, 7) is 5.96. The van der Waals surface area contributed by atoms with Crippen molar-refractivity contribution in [3.05, 3.63) is 69.7 Å². The molecule has 1 N–H and O–H groups in total. The summed E-state index contributed by atoms with van der Waals surface area (Å²) in [6.07, 6.45) is 2.88. The zero-order valence-electron chi connectivity index (χ0n) is 25.4. The number of likely N-dealkylation sites (tertiary alicyclic amines) is 1. The van der Waals surface area contributed by atoms with E-state index in [1.165, 1.54) is 37.9 Å². The Morgan fingerprint density at radius 3 is 2.42 bits per heavy atom. The molecule has 5 nitrogen and oxygen atoms in total. The van der Waals surface area contributed by atoms with Gasteiger partial charge < -0.3 is 10.0 Å². The largest absolute Gasteiger partial charge is 0.522 e. The summed E-state index contributed by atoms with van der Waals surface area (Å²) in [4.78, 5) is 17.3. The molecular formula is C34H46ClF3N2O3. The highest BCUT2D eigenvalue weighted by Gasteiger charge is 2.37. The van der Waals surface area contributed by atoms with Crippen molar-refractivity contribution in [2.75, 3.05) is 33.2 Å². The maximum absolute atomic E-state index is 12.8. The van der Waals surface area contributed by atoms with Crippen LogP contribution >= 0.6 is 11.6 Å². The van der Waals surface area contributed by atoms with Crippen LogP contribution in [-0.4, -0.2) is 66.6 Å². The van der Waals surface area contributed by atoms with Crippen molar-refractivity contribution < 1.29 is 27.8 Å². The molecule has 2 fully saturated rings. The topological polar surface area (TPSA) is 53.0 Å². The number of rotatable bonds is 13. The van der Waals surface area contributed by atoms with Crippen LogP contribution < -0.4 is 0 Å². The second-order valence-corrected chi connectivity index (χ2v) is 12.9. The van der Waals surface area contributed by atoms with Gasteiger partial charge in [0.05, 0.1) is 6.10 Å². The van der Waals surface area contributed by atoms with Gasteiger partial charge in [-0.1, -0.05) is 48.4 Å². The van der Waals surface area contributed by atoms with Crippen LogP contribution in [0.5, 0.6) is 0 Å². The van der Waals surface area contributed by atoms with Gasteiger partial charge in [-0.05, 0) is 144 Å². The van der Waals surface area contributed by atoms with E-state index in [-0.39, 0.29) is 11.8 Å². The first-order chi connectivity index (χ1) is 20.5. The molecular weight excluding hydrogens is 577 g/mol. The molecule has 1 saturated carbocycles. The highest BCUT2D eigenvalue weighted by molar-refractivity contribution is 6.30. The predicted octanol–water partition coefficient (Wildman–Crippen LogP) is 8.71. The summed E-state index contributed by atoms with van der Waals surface area (Å²) >= 11 is 6.37. The van der Waals surface area contributed by atoms with E-state index in [1.807, 2.05) is 55.3 Å². The first kappa shape index (κ1) is 33.8. The molecule has 0 amide bonds. The number of hydrogen-bond acceptors (Lipinski definition) is 4. The van der Waals surface area contributed by atoms with Crippen molar-refractivity contribution in [1.29, 1.82) is 0 Å². The minimum Gasteiger partial charge on any atom is -0.480 e. The molecule has 9 heteroatoms. The number of hydrogen-bond donors (Lipinski definition) is 1. The Balaban J connectivity index is 1.47. The fraction of sp³-hybridized carbons (Fsp3) is 0.618. The van der Waals surface area contributed by atoms with E-state index in [0.717, 1.165) is 42.5 Å². The number of piperidine rings is 1. The van der Waals surface area contributed by atoms with E-state index in [4.69, 9.17) is 11.6 Å². The third kappa shape index (κ3) is 9.93. The van der Waals surface area contributed by atoms with Gasteiger partial charge in [0.25, 0.3) is 0 Å². The molecule has 0 bridgehead atoms. The van der Waals surface area contributed by atoms with Gasteiger partial charge in [0.15, 0.2) is 0 Å². The van der Waals surface area contributed by atoms with E-state index >= 15 is 0 Å². The Morgan fingerprint density at radius 1 is 1.07 bits per heavy atom. The van der Waals surface area contributed by atoms with E-state index in [9.17, 15) is 23.1 Å². The lowest BCUT2D eigenvalue weighted by Gasteiger charge is -2.34. The molecule has 238 valence electrons. The fourth-order valence-corrected chi connectivity index (χ4v) is 7.39. The molecule has 1 aliphatic carbocycles. The number of ether oxygens (including phenoxy) is 1. The second-order valence-electron chi connectivity index (χ2n) is 12.4. The number of likely N-dealkylation sites (N-methyl/N-ethyl adjacent to an activating group) is 1. The molecule has 1 saturated heterocycles. The molecule has 2 aliphatic rings. The number of carbonyl (C=O) groups is 1. The van der Waals surface area contributed by atoms with Crippen LogP contribution in [0.4, 0.5) is 13.2 Å². The van der Waals surface area contributed by atoms with Crippen LogP contribution in [0, 0.1) is 6.92 Å². The Labute approximate surface area is 259 Å². The normalized spacial score (nSPS) is 21.6. The van der Waals surface area contributed by atoms with Crippen LogP contribution in [0.3, 0.4) is 0 Å². The first-order valence-corrected chi connectivity index (χ1v) is 16.1. The van der Waals surface area contributed by atoms with Crippen molar-refractivity contribution in [2.45, 2.75) is 101 Å². The summed E-state index contributed by atoms with van der Waals surface area (Å²) in [7, 11) is 1.86. The maximum Gasteiger partial charge on any atom is 0.522 e. The van der Waals surface area contributed by atoms with E-state index in [2.05, 4.69) is 15.7 Å². The number of alkyl halides is 3. The summed E-state index contributed by atoms with van der Waals surface area (Å²) in [5.74, 6) is -0.678. The van der Waals surface area contributed by atoms with Gasteiger partial charge >= 0.3 is 12.3 Å². The molecule has 1 heterocycles. The standard InChI is InChI=1S/C34H46ClF3N2O3/c1-24-9-6-13-30(31(24)26-14-16-29(17-15-26)43-34(36,37)38)32(33(41)42)39(2)22-18-25(27-10-7-12-28(35)23-27)11-8-21-40-19-4-3-5-20-40/h6-7,9-10,12-13,23,25-26,29,32H,3-5,8,11,14-22H2,1-2H3,(H,41,42)/t25?,26?,29?,32-/m1/s1. The number of aliphatic carboxylic acids is 1. The average molecular weight is 623 g/mol. The summed E-state index contributed by atoms with van der Waals surface area (Å²) in [6, 6.07) is 12.9. The molecule has 0 spiro atoms. The van der Waals surface area contributed by atoms with Gasteiger partial charge in [-0.2, -0.15) is 0 Å². The molecule has 43 heavy (non-hydrogen) atoms. The summed E-state index contributed by atoms with van der Waals surface area (Å²) < 4.78 is 42.6. The van der Waals surface area contributed by atoms with Gasteiger partial charge in [-0.25, -0.2) is 0 Å². The molecule has 1 unspecified atom stereocenters. The van der Waals surface area contributed by atoms with Crippen LogP contribution in [-0.2, 0) is 9.53 Å². The van der Waals surface area contributed by atoms with Crippen molar-refractivity contribution in [1.82, 2.24) is 9.80 Å². The van der Waals surface area contributed by atoms with Crippen LogP contribution in [0.2, 0.25) is 5.02 Å². The van der Waals surface area contributed by atoms with Crippen LogP contribution in [0.1, 0.15) is 104 Å². The van der Waals surface area contributed by atoms with Gasteiger partial charge in [-0.3, -0.25) is 14.4 Å². The smallest absolute Gasteiger partial charge is 0.480 e. The molecule has 0 radical (unpaired) electrons. The SMILES string of the molecule is Cc1cccc([C@H](C(=O)O)N(C)CCC(CCCN2CCCCC2)c2cccc(Cl)c2)c1C1CCC(OC(F)(F)F)CC1. The third-order valence-electron chi connectivity index (χ3n) is 9.34. The maximum atomic E-state index is 12.8. The van der Waals surface area contributed by atoms with Crippen molar-refractivity contribution >= 4 is 17.6 Å².